The molecular formula is C15H18N2O2. The highest BCUT2D eigenvalue weighted by Gasteiger charge is 2.38. The van der Waals surface area contributed by atoms with Crippen molar-refractivity contribution in [1.29, 1.82) is 0 Å². The molecule has 3 rings (SSSR count). The molecule has 1 heterocycles. The van der Waals surface area contributed by atoms with Gasteiger partial charge >= 0.3 is 0 Å². The molecule has 0 atom stereocenters. The zero-order valence-electron chi connectivity index (χ0n) is 11.1. The van der Waals surface area contributed by atoms with Crippen LogP contribution in [-0.2, 0) is 11.3 Å². The highest BCUT2D eigenvalue weighted by molar-refractivity contribution is 5.83. The number of pyridine rings is 1. The molecule has 1 fully saturated rings. The molecule has 19 heavy (non-hydrogen) atoms. The van der Waals surface area contributed by atoms with Crippen LogP contribution in [0.25, 0.3) is 10.8 Å². The molecular weight excluding hydrogens is 240 g/mol. The summed E-state index contributed by atoms with van der Waals surface area (Å²) in [7, 11) is 1.71. The van der Waals surface area contributed by atoms with Crippen LogP contribution < -0.4 is 11.3 Å². The van der Waals surface area contributed by atoms with Crippen LogP contribution in [0, 0.1) is 0 Å². The number of hydrogen-bond acceptors (Lipinski definition) is 3. The summed E-state index contributed by atoms with van der Waals surface area (Å²) in [5.74, 6) is 0.507. The Labute approximate surface area is 111 Å². The largest absolute Gasteiger partial charge is 0.385 e. The minimum atomic E-state index is -0.208. The van der Waals surface area contributed by atoms with Gasteiger partial charge in [0, 0.05) is 12.5 Å². The topological polar surface area (TPSA) is 57.2 Å². The number of nitrogen functional groups attached to an aromatic ring is 1. The molecule has 0 unspecified atom stereocenters. The van der Waals surface area contributed by atoms with E-state index in [1.165, 1.54) is 0 Å². The molecule has 4 heteroatoms. The Morgan fingerprint density at radius 1 is 1.37 bits per heavy atom. The number of methoxy groups -OCH3 is 1. The van der Waals surface area contributed by atoms with E-state index in [0.717, 1.165) is 24.6 Å². The Morgan fingerprint density at radius 3 is 2.74 bits per heavy atom. The molecule has 1 aromatic heterocycles. The average Bonchev–Trinajstić information content (AvgIpc) is 2.37. The van der Waals surface area contributed by atoms with Gasteiger partial charge in [-0.05, 0) is 36.8 Å². The number of hydrogen-bond donors (Lipinski definition) is 1. The second-order valence-corrected chi connectivity index (χ2v) is 5.29. The number of nitrogens with zero attached hydrogens (tertiary/aromatic N) is 1. The summed E-state index contributed by atoms with van der Waals surface area (Å²) in [6.07, 6.45) is 3.13. The Hall–Kier alpha value is -1.81. The number of rotatable bonds is 3. The van der Waals surface area contributed by atoms with Crippen molar-refractivity contribution in [3.8, 4) is 0 Å². The lowest BCUT2D eigenvalue weighted by Gasteiger charge is -2.41. The van der Waals surface area contributed by atoms with Gasteiger partial charge in [0.1, 0.15) is 5.82 Å². The molecule has 2 aromatic rings. The standard InChI is InChI=1S/C15H18N2O2/c1-19-15(7-4-8-15)10-17-13(16)9-11-5-2-3-6-12(11)14(17)18/h2-3,5-6,9H,4,7-8,10,16H2,1H3. The number of aromatic nitrogens is 1. The van der Waals surface area contributed by atoms with Gasteiger partial charge in [0.2, 0.25) is 0 Å². The van der Waals surface area contributed by atoms with Crippen LogP contribution in [0.1, 0.15) is 19.3 Å². The van der Waals surface area contributed by atoms with Crippen LogP contribution in [0.4, 0.5) is 5.82 Å². The van der Waals surface area contributed by atoms with E-state index < -0.39 is 0 Å². The third-order valence-corrected chi connectivity index (χ3v) is 4.20. The van der Waals surface area contributed by atoms with Crippen molar-refractivity contribution >= 4 is 16.6 Å². The Morgan fingerprint density at radius 2 is 2.11 bits per heavy atom. The van der Waals surface area contributed by atoms with Crippen molar-refractivity contribution in [3.05, 3.63) is 40.7 Å². The summed E-state index contributed by atoms with van der Waals surface area (Å²) in [5, 5.41) is 1.60. The maximum atomic E-state index is 12.5. The normalized spacial score (nSPS) is 17.3. The lowest BCUT2D eigenvalue weighted by Crippen LogP contribution is -2.45. The van der Waals surface area contributed by atoms with Crippen LogP contribution >= 0.6 is 0 Å². The number of ether oxygens (including phenoxy) is 1. The van der Waals surface area contributed by atoms with Crippen molar-refractivity contribution in [1.82, 2.24) is 4.57 Å². The number of anilines is 1. The van der Waals surface area contributed by atoms with Gasteiger partial charge in [-0.3, -0.25) is 9.36 Å². The van der Waals surface area contributed by atoms with Crippen LogP contribution in [0.15, 0.2) is 35.1 Å². The fraction of sp³-hybridized carbons (Fsp3) is 0.400. The first-order chi connectivity index (χ1) is 9.15. The van der Waals surface area contributed by atoms with Crippen molar-refractivity contribution in [2.24, 2.45) is 0 Å². The predicted molar refractivity (Wildman–Crippen MR) is 76.2 cm³/mol. The molecule has 1 aromatic carbocycles. The quantitative estimate of drug-likeness (QED) is 0.917. The monoisotopic (exact) mass is 258 g/mol. The first kappa shape index (κ1) is 12.2. The fourth-order valence-electron chi connectivity index (χ4n) is 2.77. The Balaban J connectivity index is 2.11. The van der Waals surface area contributed by atoms with Crippen molar-refractivity contribution < 1.29 is 4.74 Å². The van der Waals surface area contributed by atoms with Gasteiger partial charge in [0.15, 0.2) is 0 Å². The first-order valence-corrected chi connectivity index (χ1v) is 6.58. The molecule has 0 saturated heterocycles. The van der Waals surface area contributed by atoms with E-state index in [1.54, 1.807) is 11.7 Å². The highest BCUT2D eigenvalue weighted by atomic mass is 16.5. The molecule has 1 saturated carbocycles. The third kappa shape index (κ3) is 1.92. The molecule has 2 N–H and O–H groups in total. The zero-order valence-corrected chi connectivity index (χ0v) is 11.1. The number of benzene rings is 1. The van der Waals surface area contributed by atoms with Gasteiger partial charge < -0.3 is 10.5 Å². The minimum absolute atomic E-state index is 0.0288. The summed E-state index contributed by atoms with van der Waals surface area (Å²) < 4.78 is 7.23. The third-order valence-electron chi connectivity index (χ3n) is 4.20. The number of fused-ring (bicyclic) bond motifs is 1. The molecule has 4 nitrogen and oxygen atoms in total. The van der Waals surface area contributed by atoms with Gasteiger partial charge in [0.25, 0.3) is 5.56 Å². The van der Waals surface area contributed by atoms with Crippen molar-refractivity contribution in [2.45, 2.75) is 31.4 Å². The van der Waals surface area contributed by atoms with Crippen molar-refractivity contribution in [2.75, 3.05) is 12.8 Å². The van der Waals surface area contributed by atoms with Crippen LogP contribution in [0.5, 0.6) is 0 Å². The van der Waals surface area contributed by atoms with E-state index in [1.807, 2.05) is 30.3 Å². The van der Waals surface area contributed by atoms with Gasteiger partial charge in [-0.25, -0.2) is 0 Å². The van der Waals surface area contributed by atoms with Gasteiger partial charge in [-0.2, -0.15) is 0 Å². The minimum Gasteiger partial charge on any atom is -0.385 e. The van der Waals surface area contributed by atoms with Gasteiger partial charge in [-0.15, -0.1) is 0 Å². The predicted octanol–water partition coefficient (Wildman–Crippen LogP) is 2.15. The summed E-state index contributed by atoms with van der Waals surface area (Å²) >= 11 is 0. The summed E-state index contributed by atoms with van der Waals surface area (Å²) in [6.45, 7) is 0.541. The summed E-state index contributed by atoms with van der Waals surface area (Å²) in [4.78, 5) is 12.5. The maximum Gasteiger partial charge on any atom is 0.260 e. The lowest BCUT2D eigenvalue weighted by atomic mass is 9.80. The first-order valence-electron chi connectivity index (χ1n) is 6.58. The van der Waals surface area contributed by atoms with E-state index in [2.05, 4.69) is 0 Å². The van der Waals surface area contributed by atoms with Crippen LogP contribution in [-0.4, -0.2) is 17.3 Å². The fourth-order valence-corrected chi connectivity index (χ4v) is 2.77. The molecule has 0 amide bonds. The smallest absolute Gasteiger partial charge is 0.260 e. The lowest BCUT2D eigenvalue weighted by molar-refractivity contribution is -0.0836. The average molecular weight is 258 g/mol. The SMILES string of the molecule is COC1(Cn2c(N)cc3ccccc3c2=O)CCC1. The second kappa shape index (κ2) is 4.38. The van der Waals surface area contributed by atoms with Gasteiger partial charge in [0.05, 0.1) is 12.1 Å². The van der Waals surface area contributed by atoms with Crippen molar-refractivity contribution in [3.63, 3.8) is 0 Å². The Kier molecular flexibility index (Phi) is 2.82. The molecule has 100 valence electrons. The Bertz CT molecular complexity index is 666. The highest BCUT2D eigenvalue weighted by Crippen LogP contribution is 2.36. The molecule has 0 bridgehead atoms. The molecule has 1 aliphatic carbocycles. The summed E-state index contributed by atoms with van der Waals surface area (Å²) in [5.41, 5.74) is 5.80. The number of nitrogens with two attached hydrogens (primary N) is 1. The molecule has 0 spiro atoms. The molecule has 1 aliphatic rings. The molecule has 0 radical (unpaired) electrons. The molecule has 0 aliphatic heterocycles. The van der Waals surface area contributed by atoms with Crippen LogP contribution in [0.3, 0.4) is 0 Å². The summed E-state index contributed by atoms with van der Waals surface area (Å²) in [6, 6.07) is 9.40. The van der Waals surface area contributed by atoms with Crippen LogP contribution in [0.2, 0.25) is 0 Å². The van der Waals surface area contributed by atoms with E-state index in [9.17, 15) is 4.79 Å². The van der Waals surface area contributed by atoms with Gasteiger partial charge in [-0.1, -0.05) is 18.2 Å². The van der Waals surface area contributed by atoms with E-state index >= 15 is 0 Å². The van der Waals surface area contributed by atoms with E-state index in [-0.39, 0.29) is 11.2 Å². The zero-order chi connectivity index (χ0) is 13.5. The maximum absolute atomic E-state index is 12.5. The van der Waals surface area contributed by atoms with E-state index in [4.69, 9.17) is 10.5 Å². The van der Waals surface area contributed by atoms with E-state index in [0.29, 0.717) is 17.7 Å². The second-order valence-electron chi connectivity index (χ2n) is 5.29.